The molecule has 132 valence electrons. The van der Waals surface area contributed by atoms with Gasteiger partial charge in [-0.15, -0.1) is 0 Å². The molecule has 21 heavy (non-hydrogen) atoms. The smallest absolute Gasteiger partial charge is 0.0786 e. The lowest BCUT2D eigenvalue weighted by Gasteiger charge is -2.39. The van der Waals surface area contributed by atoms with Crippen LogP contribution in [0.15, 0.2) is 0 Å². The summed E-state index contributed by atoms with van der Waals surface area (Å²) >= 11 is 0. The number of quaternary nitrogens is 1. The van der Waals surface area contributed by atoms with Gasteiger partial charge < -0.3 is 9.96 Å². The van der Waals surface area contributed by atoms with E-state index in [2.05, 4.69) is 41.5 Å². The molecule has 0 aromatic heterocycles. The van der Waals surface area contributed by atoms with Gasteiger partial charge in [0.15, 0.2) is 0 Å². The van der Waals surface area contributed by atoms with Gasteiger partial charge >= 0.3 is 0 Å². The highest BCUT2D eigenvalue weighted by Gasteiger charge is 2.24. The fourth-order valence-corrected chi connectivity index (χ4v) is 2.64. The minimum atomic E-state index is 0. The van der Waals surface area contributed by atoms with Crippen LogP contribution in [0.25, 0.3) is 0 Å². The normalized spacial score (nSPS) is 10.6. The maximum absolute atomic E-state index is 2.33. The van der Waals surface area contributed by atoms with Crippen LogP contribution in [-0.2, 0) is 0 Å². The van der Waals surface area contributed by atoms with E-state index < -0.39 is 0 Å². The first-order valence-corrected chi connectivity index (χ1v) is 9.51. The van der Waals surface area contributed by atoms with Gasteiger partial charge in [0.1, 0.15) is 0 Å². The van der Waals surface area contributed by atoms with Crippen LogP contribution in [0.3, 0.4) is 0 Å². The zero-order valence-electron chi connectivity index (χ0n) is 16.1. The van der Waals surface area contributed by atoms with Crippen LogP contribution < -0.4 is 0 Å². The summed E-state index contributed by atoms with van der Waals surface area (Å²) in [5, 5.41) is 0. The predicted octanol–water partition coefficient (Wildman–Crippen LogP) is 6.24. The Morgan fingerprint density at radius 2 is 0.667 bits per heavy atom. The molecule has 0 spiro atoms. The van der Waals surface area contributed by atoms with E-state index in [0.717, 1.165) is 0 Å². The SMILES string of the molecule is CCC.CCCC[N+](CCCC)(CCCC)CCCC.[OH-]. The molecule has 0 saturated heterocycles. The second kappa shape index (κ2) is 19.9. The Labute approximate surface area is 136 Å². The fraction of sp³-hybridized carbons (Fsp3) is 1.00. The van der Waals surface area contributed by atoms with Gasteiger partial charge in [0, 0.05) is 0 Å². The molecule has 0 atom stereocenters. The molecule has 0 aliphatic rings. The highest BCUT2D eigenvalue weighted by Crippen LogP contribution is 2.16. The first kappa shape index (κ1) is 25.9. The average Bonchev–Trinajstić information content (AvgIpc) is 2.46. The maximum atomic E-state index is 2.33. The summed E-state index contributed by atoms with van der Waals surface area (Å²) in [6, 6.07) is 0. The predicted molar refractivity (Wildman–Crippen MR) is 97.3 cm³/mol. The molecule has 0 bridgehead atoms. The van der Waals surface area contributed by atoms with E-state index in [4.69, 9.17) is 0 Å². The highest BCUT2D eigenvalue weighted by atomic mass is 16.0. The van der Waals surface area contributed by atoms with E-state index in [9.17, 15) is 0 Å². The van der Waals surface area contributed by atoms with Crippen molar-refractivity contribution in [1.82, 2.24) is 0 Å². The largest absolute Gasteiger partial charge is 0.870 e. The van der Waals surface area contributed by atoms with Crippen molar-refractivity contribution in [3.63, 3.8) is 0 Å². The van der Waals surface area contributed by atoms with Gasteiger partial charge in [0.05, 0.1) is 26.2 Å². The van der Waals surface area contributed by atoms with Crippen LogP contribution in [-0.4, -0.2) is 36.1 Å². The molecule has 1 N–H and O–H groups in total. The van der Waals surface area contributed by atoms with Crippen LogP contribution in [0, 0.1) is 0 Å². The van der Waals surface area contributed by atoms with E-state index >= 15 is 0 Å². The summed E-state index contributed by atoms with van der Waals surface area (Å²) < 4.78 is 1.42. The standard InChI is InChI=1S/C16H36N.C3H8.H2O/c1-5-9-13-17(14-10-6-2,15-11-7-3)16-12-8-4;1-3-2;/h5-16H2,1-4H3;3H2,1-2H3;1H2/q+1;;/p-1. The summed E-state index contributed by atoms with van der Waals surface area (Å²) in [5.41, 5.74) is 0. The van der Waals surface area contributed by atoms with Gasteiger partial charge in [-0.05, 0) is 25.7 Å². The van der Waals surface area contributed by atoms with Crippen LogP contribution in [0.2, 0.25) is 0 Å². The quantitative estimate of drug-likeness (QED) is 0.392. The lowest BCUT2D eigenvalue weighted by Crippen LogP contribution is -2.50. The minimum absolute atomic E-state index is 0. The molecule has 0 aromatic rings. The molecule has 0 rings (SSSR count). The molecular formula is C19H45NO. The number of hydrogen-bond donors (Lipinski definition) is 0. The van der Waals surface area contributed by atoms with Crippen molar-refractivity contribution < 1.29 is 9.96 Å². The van der Waals surface area contributed by atoms with Crippen molar-refractivity contribution in [2.24, 2.45) is 0 Å². The topological polar surface area (TPSA) is 30.0 Å². The maximum Gasteiger partial charge on any atom is 0.0786 e. The van der Waals surface area contributed by atoms with Gasteiger partial charge in [0.25, 0.3) is 0 Å². The van der Waals surface area contributed by atoms with Gasteiger partial charge in [0.2, 0.25) is 0 Å². The number of hydrogen-bond acceptors (Lipinski definition) is 1. The van der Waals surface area contributed by atoms with Crippen molar-refractivity contribution >= 4 is 0 Å². The third kappa shape index (κ3) is 16.1. The van der Waals surface area contributed by atoms with Gasteiger partial charge in [-0.3, -0.25) is 0 Å². The molecule has 2 heteroatoms. The molecule has 0 saturated carbocycles. The molecular weight excluding hydrogens is 258 g/mol. The summed E-state index contributed by atoms with van der Waals surface area (Å²) in [7, 11) is 0. The van der Waals surface area contributed by atoms with Crippen molar-refractivity contribution in [2.75, 3.05) is 26.2 Å². The average molecular weight is 304 g/mol. The second-order valence-corrected chi connectivity index (χ2v) is 6.36. The monoisotopic (exact) mass is 303 g/mol. The molecule has 2 nitrogen and oxygen atoms in total. The van der Waals surface area contributed by atoms with Gasteiger partial charge in [-0.1, -0.05) is 73.6 Å². The lowest BCUT2D eigenvalue weighted by molar-refractivity contribution is -0.929. The highest BCUT2D eigenvalue weighted by molar-refractivity contribution is 4.49. The van der Waals surface area contributed by atoms with Crippen molar-refractivity contribution in [2.45, 2.75) is 99.3 Å². The zero-order valence-corrected chi connectivity index (χ0v) is 16.1. The molecule has 0 aliphatic carbocycles. The van der Waals surface area contributed by atoms with E-state index in [-0.39, 0.29) is 5.48 Å². The summed E-state index contributed by atoms with van der Waals surface area (Å²) in [6.45, 7) is 19.3. The second-order valence-electron chi connectivity index (χ2n) is 6.36. The van der Waals surface area contributed by atoms with E-state index in [1.54, 1.807) is 0 Å². The van der Waals surface area contributed by atoms with E-state index in [1.165, 1.54) is 88.4 Å². The molecule has 0 aromatic carbocycles. The van der Waals surface area contributed by atoms with Crippen LogP contribution >= 0.6 is 0 Å². The molecule has 0 amide bonds. The molecule has 0 heterocycles. The zero-order chi connectivity index (χ0) is 15.7. The van der Waals surface area contributed by atoms with Crippen LogP contribution in [0.5, 0.6) is 0 Å². The Morgan fingerprint density at radius 3 is 0.810 bits per heavy atom. The van der Waals surface area contributed by atoms with Crippen molar-refractivity contribution in [3.05, 3.63) is 0 Å². The molecule has 0 radical (unpaired) electrons. The molecule has 0 fully saturated rings. The van der Waals surface area contributed by atoms with Crippen LogP contribution in [0.1, 0.15) is 99.3 Å². The van der Waals surface area contributed by atoms with E-state index in [1.807, 2.05) is 0 Å². The van der Waals surface area contributed by atoms with Gasteiger partial charge in [-0.2, -0.15) is 0 Å². The van der Waals surface area contributed by atoms with Crippen molar-refractivity contribution in [1.29, 1.82) is 0 Å². The fourth-order valence-electron chi connectivity index (χ4n) is 2.64. The minimum Gasteiger partial charge on any atom is -0.870 e. The first-order valence-electron chi connectivity index (χ1n) is 9.51. The first-order chi connectivity index (χ1) is 9.66. The van der Waals surface area contributed by atoms with E-state index in [0.29, 0.717) is 0 Å². The summed E-state index contributed by atoms with van der Waals surface area (Å²) in [6.07, 6.45) is 12.3. The lowest BCUT2D eigenvalue weighted by atomic mass is 10.1. The van der Waals surface area contributed by atoms with Crippen LogP contribution in [0.4, 0.5) is 0 Å². The number of rotatable bonds is 12. The summed E-state index contributed by atoms with van der Waals surface area (Å²) in [4.78, 5) is 0. The molecule has 0 aliphatic heterocycles. The number of unbranched alkanes of at least 4 members (excludes halogenated alkanes) is 4. The third-order valence-corrected chi connectivity index (χ3v) is 3.94. The Kier molecular flexibility index (Phi) is 24.5. The Hall–Kier alpha value is -0.0800. The van der Waals surface area contributed by atoms with Crippen molar-refractivity contribution in [3.8, 4) is 0 Å². The summed E-state index contributed by atoms with van der Waals surface area (Å²) in [5.74, 6) is 0. The third-order valence-electron chi connectivity index (χ3n) is 3.94. The number of nitrogens with zero attached hydrogens (tertiary/aromatic N) is 1. The Bertz CT molecular complexity index is 133. The van der Waals surface area contributed by atoms with Gasteiger partial charge in [-0.25, -0.2) is 0 Å². The molecule has 0 unspecified atom stereocenters. The Balaban J connectivity index is -0.000000740. The Morgan fingerprint density at radius 1 is 0.476 bits per heavy atom.